The van der Waals surface area contributed by atoms with E-state index in [4.69, 9.17) is 15.0 Å². The molecule has 0 radical (unpaired) electrons. The summed E-state index contributed by atoms with van der Waals surface area (Å²) in [6.45, 7) is 0. The van der Waals surface area contributed by atoms with Gasteiger partial charge >= 0.3 is 0 Å². The number of para-hydroxylation sites is 2. The molecule has 12 aromatic rings. The van der Waals surface area contributed by atoms with Crippen molar-refractivity contribution in [1.82, 2.24) is 19.5 Å². The van der Waals surface area contributed by atoms with Gasteiger partial charge in [-0.1, -0.05) is 127 Å². The maximum Gasteiger partial charge on any atom is 0.164 e. The number of thiophene rings is 2. The van der Waals surface area contributed by atoms with Crippen molar-refractivity contribution in [1.29, 1.82) is 0 Å². The normalized spacial score (nSPS) is 11.9. The summed E-state index contributed by atoms with van der Waals surface area (Å²) in [5.74, 6) is 1.99. The largest absolute Gasteiger partial charge is 0.309 e. The number of aromatic nitrogens is 4. The van der Waals surface area contributed by atoms with Crippen LogP contribution in [0.15, 0.2) is 182 Å². The first-order valence-corrected chi connectivity index (χ1v) is 20.7. The van der Waals surface area contributed by atoms with E-state index in [1.54, 1.807) is 0 Å². The number of hydrogen-bond acceptors (Lipinski definition) is 5. The van der Waals surface area contributed by atoms with Crippen LogP contribution in [0.25, 0.3) is 113 Å². The van der Waals surface area contributed by atoms with E-state index < -0.39 is 0 Å². The van der Waals surface area contributed by atoms with E-state index in [1.165, 1.54) is 79.0 Å². The first kappa shape index (κ1) is 32.3. The Balaban J connectivity index is 1.05. The van der Waals surface area contributed by atoms with Gasteiger partial charge in [0.25, 0.3) is 0 Å². The Morgan fingerprint density at radius 1 is 0.333 bits per heavy atom. The molecular weight excluding hydrogens is 733 g/mol. The zero-order valence-corrected chi connectivity index (χ0v) is 32.1. The van der Waals surface area contributed by atoms with Gasteiger partial charge < -0.3 is 4.57 Å². The maximum atomic E-state index is 5.12. The summed E-state index contributed by atoms with van der Waals surface area (Å²) < 4.78 is 7.46. The highest BCUT2D eigenvalue weighted by atomic mass is 32.1. The van der Waals surface area contributed by atoms with E-state index in [0.29, 0.717) is 17.5 Å². The van der Waals surface area contributed by atoms with Gasteiger partial charge in [-0.05, 0) is 65.7 Å². The monoisotopic (exact) mass is 762 g/mol. The van der Waals surface area contributed by atoms with Gasteiger partial charge in [0.05, 0.1) is 16.7 Å². The molecule has 0 aliphatic carbocycles. The highest BCUT2D eigenvalue weighted by Gasteiger charge is 2.19. The lowest BCUT2D eigenvalue weighted by Crippen LogP contribution is -2.00. The summed E-state index contributed by atoms with van der Waals surface area (Å²) in [6.07, 6.45) is 0. The second-order valence-corrected chi connectivity index (χ2v) is 16.5. The van der Waals surface area contributed by atoms with Crippen LogP contribution in [0.3, 0.4) is 0 Å². The van der Waals surface area contributed by atoms with E-state index in [2.05, 4.69) is 150 Å². The zero-order valence-electron chi connectivity index (χ0n) is 30.4. The maximum absolute atomic E-state index is 5.12. The van der Waals surface area contributed by atoms with Gasteiger partial charge in [-0.3, -0.25) is 0 Å². The van der Waals surface area contributed by atoms with E-state index in [0.717, 1.165) is 16.7 Å². The van der Waals surface area contributed by atoms with Crippen LogP contribution in [-0.4, -0.2) is 19.5 Å². The Morgan fingerprint density at radius 2 is 0.825 bits per heavy atom. The number of hydrogen-bond donors (Lipinski definition) is 0. The van der Waals surface area contributed by atoms with Gasteiger partial charge in [0.15, 0.2) is 17.5 Å². The van der Waals surface area contributed by atoms with Crippen LogP contribution in [0.4, 0.5) is 0 Å². The van der Waals surface area contributed by atoms with Crippen molar-refractivity contribution >= 4 is 84.8 Å². The molecule has 57 heavy (non-hydrogen) atoms. The van der Waals surface area contributed by atoms with Crippen LogP contribution in [0.2, 0.25) is 0 Å². The Kier molecular flexibility index (Phi) is 7.24. The Bertz CT molecular complexity index is 3410. The van der Waals surface area contributed by atoms with Crippen molar-refractivity contribution in [3.63, 3.8) is 0 Å². The zero-order chi connectivity index (χ0) is 37.5. The fourth-order valence-corrected chi connectivity index (χ4v) is 10.7. The lowest BCUT2D eigenvalue weighted by atomic mass is 9.99. The second-order valence-electron chi connectivity index (χ2n) is 14.4. The third kappa shape index (κ3) is 5.15. The highest BCUT2D eigenvalue weighted by Crippen LogP contribution is 2.44. The predicted molar refractivity (Wildman–Crippen MR) is 242 cm³/mol. The van der Waals surface area contributed by atoms with Crippen LogP contribution >= 0.6 is 22.7 Å². The minimum atomic E-state index is 0.660. The van der Waals surface area contributed by atoms with Gasteiger partial charge in [0, 0.05) is 67.8 Å². The Hall–Kier alpha value is -6.99. The summed E-state index contributed by atoms with van der Waals surface area (Å²) in [7, 11) is 0. The predicted octanol–water partition coefficient (Wildman–Crippen LogP) is 14.4. The number of nitrogens with zero attached hydrogens (tertiary/aromatic N) is 4. The average molecular weight is 763 g/mol. The molecule has 0 unspecified atom stereocenters. The summed E-state index contributed by atoms with van der Waals surface area (Å²) in [5, 5.41) is 7.46. The molecule has 8 aromatic carbocycles. The number of fused-ring (bicyclic) bond motifs is 9. The van der Waals surface area contributed by atoms with E-state index in [-0.39, 0.29) is 0 Å². The minimum Gasteiger partial charge on any atom is -0.309 e. The van der Waals surface area contributed by atoms with Crippen molar-refractivity contribution in [2.24, 2.45) is 0 Å². The fraction of sp³-hybridized carbons (Fsp3) is 0. The lowest BCUT2D eigenvalue weighted by molar-refractivity contribution is 1.08. The molecule has 0 aliphatic rings. The first-order chi connectivity index (χ1) is 28.2. The van der Waals surface area contributed by atoms with Gasteiger partial charge in [-0.15, -0.1) is 22.7 Å². The van der Waals surface area contributed by atoms with Crippen LogP contribution < -0.4 is 0 Å². The molecule has 0 fully saturated rings. The fourth-order valence-electron chi connectivity index (χ4n) is 8.48. The third-order valence-electron chi connectivity index (χ3n) is 11.1. The van der Waals surface area contributed by atoms with E-state index in [9.17, 15) is 0 Å². The van der Waals surface area contributed by atoms with Gasteiger partial charge in [0.1, 0.15) is 0 Å². The molecule has 4 heterocycles. The van der Waals surface area contributed by atoms with Crippen LogP contribution in [0.5, 0.6) is 0 Å². The highest BCUT2D eigenvalue weighted by molar-refractivity contribution is 7.26. The molecule has 0 aliphatic heterocycles. The van der Waals surface area contributed by atoms with Crippen molar-refractivity contribution in [2.75, 3.05) is 0 Å². The van der Waals surface area contributed by atoms with Gasteiger partial charge in [0.2, 0.25) is 0 Å². The van der Waals surface area contributed by atoms with Crippen LogP contribution in [0, 0.1) is 0 Å². The van der Waals surface area contributed by atoms with Crippen molar-refractivity contribution < 1.29 is 0 Å². The second kappa shape index (κ2) is 12.8. The van der Waals surface area contributed by atoms with Crippen molar-refractivity contribution in [3.8, 4) is 51.0 Å². The van der Waals surface area contributed by atoms with Crippen LogP contribution in [0.1, 0.15) is 0 Å². The smallest absolute Gasteiger partial charge is 0.164 e. The summed E-state index contributed by atoms with van der Waals surface area (Å²) in [4.78, 5) is 15.2. The summed E-state index contributed by atoms with van der Waals surface area (Å²) in [5.41, 5.74) is 8.94. The Morgan fingerprint density at radius 3 is 1.42 bits per heavy atom. The quantitative estimate of drug-likeness (QED) is 0.175. The number of benzene rings is 8. The third-order valence-corrected chi connectivity index (χ3v) is 13.3. The molecule has 0 atom stereocenters. The molecule has 0 spiro atoms. The molecule has 0 saturated heterocycles. The van der Waals surface area contributed by atoms with Gasteiger partial charge in [-0.25, -0.2) is 15.0 Å². The molecule has 4 nitrogen and oxygen atoms in total. The Labute approximate surface area is 335 Å². The molecule has 0 saturated carbocycles. The number of rotatable bonds is 5. The standard InChI is InChI=1S/C51H30N4S2/c1-3-13-31(14-4-1)49-52-50(32-15-5-2-6-16-32)54-51(53-49)37-19-11-23-45-47(37)38-29-33(25-27-43(38)56-45)34-26-28-44-39(30-34)48-42(22-12-24-46(48)57-44)55-40-20-9-7-17-35(40)36-18-8-10-21-41(36)55/h1-30H. The van der Waals surface area contributed by atoms with E-state index in [1.807, 2.05) is 59.1 Å². The molecule has 0 N–H and O–H groups in total. The molecular formula is C51H30N4S2. The minimum absolute atomic E-state index is 0.660. The molecule has 0 amide bonds. The topological polar surface area (TPSA) is 43.6 Å². The first-order valence-electron chi connectivity index (χ1n) is 19.0. The average Bonchev–Trinajstić information content (AvgIpc) is 3.96. The summed E-state index contributed by atoms with van der Waals surface area (Å²) >= 11 is 3.67. The van der Waals surface area contributed by atoms with Crippen molar-refractivity contribution in [2.45, 2.75) is 0 Å². The molecule has 4 aromatic heterocycles. The summed E-state index contributed by atoms with van der Waals surface area (Å²) in [6, 6.07) is 64.9. The molecule has 266 valence electrons. The molecule has 12 rings (SSSR count). The van der Waals surface area contributed by atoms with Gasteiger partial charge in [-0.2, -0.15) is 0 Å². The van der Waals surface area contributed by atoms with Crippen molar-refractivity contribution in [3.05, 3.63) is 182 Å². The molecule has 0 bridgehead atoms. The lowest BCUT2D eigenvalue weighted by Gasteiger charge is -2.11. The van der Waals surface area contributed by atoms with Crippen LogP contribution in [-0.2, 0) is 0 Å². The van der Waals surface area contributed by atoms with E-state index >= 15 is 0 Å². The molecule has 6 heteroatoms. The SMILES string of the molecule is c1ccc(-c2nc(-c3ccccc3)nc(-c3cccc4sc5ccc(-c6ccc7sc8cccc(-n9c%10ccccc%10c%10ccccc%109)c8c7c6)cc5c34)n2)cc1.